The third-order valence-electron chi connectivity index (χ3n) is 5.52. The summed E-state index contributed by atoms with van der Waals surface area (Å²) in [6.07, 6.45) is -1.56. The van der Waals surface area contributed by atoms with E-state index >= 15 is 0 Å². The van der Waals surface area contributed by atoms with Gasteiger partial charge in [-0.1, -0.05) is 13.8 Å². The summed E-state index contributed by atoms with van der Waals surface area (Å²) < 4.78 is 24.2. The number of hydrogen-bond donors (Lipinski definition) is 1. The van der Waals surface area contributed by atoms with Crippen LogP contribution in [-0.4, -0.2) is 50.6 Å². The largest absolute Gasteiger partial charge is 0.509 e. The fourth-order valence-electron chi connectivity index (χ4n) is 4.11. The van der Waals surface area contributed by atoms with E-state index in [1.807, 2.05) is 0 Å². The maximum atomic E-state index is 12.0. The summed E-state index contributed by atoms with van der Waals surface area (Å²) in [4.78, 5) is 27.9. The second-order valence-corrected chi connectivity index (χ2v) is 7.52. The quantitative estimate of drug-likeness (QED) is 0.775. The highest BCUT2D eigenvalue weighted by Gasteiger charge is 2.89. The Hall–Kier alpha value is -2.88. The van der Waals surface area contributed by atoms with Crippen LogP contribution in [0.2, 0.25) is 0 Å². The van der Waals surface area contributed by atoms with E-state index in [4.69, 9.17) is 24.7 Å². The van der Waals surface area contributed by atoms with Crippen LogP contribution in [-0.2, 0) is 29.3 Å². The van der Waals surface area contributed by atoms with Gasteiger partial charge in [0.25, 0.3) is 0 Å². The van der Waals surface area contributed by atoms with Gasteiger partial charge in [0.05, 0.1) is 11.6 Å². The van der Waals surface area contributed by atoms with Crippen LogP contribution in [0.4, 0.5) is 10.6 Å². The third-order valence-corrected chi connectivity index (χ3v) is 5.52. The molecule has 2 aromatic rings. The number of nitrogens with two attached hydrogens (primary N) is 1. The highest BCUT2D eigenvalue weighted by molar-refractivity contribution is 5.74. The molecular formula is C17H18N4O6. The zero-order chi connectivity index (χ0) is 19.1. The molecule has 10 heteroatoms. The average molecular weight is 374 g/mol. The lowest BCUT2D eigenvalue weighted by Gasteiger charge is -2.31. The van der Waals surface area contributed by atoms with Crippen molar-refractivity contribution in [3.05, 3.63) is 24.2 Å². The summed E-state index contributed by atoms with van der Waals surface area (Å²) in [6, 6.07) is 3.56. The van der Waals surface area contributed by atoms with Crippen LogP contribution in [0.1, 0.15) is 26.5 Å². The maximum Gasteiger partial charge on any atom is 0.509 e. The molecule has 1 spiro atoms. The molecule has 0 amide bonds. The zero-order valence-corrected chi connectivity index (χ0v) is 14.9. The van der Waals surface area contributed by atoms with Crippen molar-refractivity contribution in [3.63, 3.8) is 0 Å². The molecule has 27 heavy (non-hydrogen) atoms. The fraction of sp³-hybridized carbons (Fsp3) is 0.529. The molecule has 3 aliphatic rings. The van der Waals surface area contributed by atoms with Crippen molar-refractivity contribution in [2.45, 2.75) is 50.3 Å². The number of nitrogen functional groups attached to an aromatic ring is 1. The van der Waals surface area contributed by atoms with Gasteiger partial charge in [0, 0.05) is 0 Å². The van der Waals surface area contributed by atoms with Gasteiger partial charge in [0.15, 0.2) is 18.0 Å². The molecule has 1 aliphatic carbocycles. The summed E-state index contributed by atoms with van der Waals surface area (Å²) in [5, 5.41) is 4.23. The van der Waals surface area contributed by atoms with E-state index in [9.17, 15) is 9.59 Å². The number of ether oxygens (including phenoxy) is 4. The number of nitrogens with zero attached hydrogens (tertiary/aromatic N) is 3. The summed E-state index contributed by atoms with van der Waals surface area (Å²) in [5.41, 5.74) is 4.95. The van der Waals surface area contributed by atoms with Gasteiger partial charge in [0.1, 0.15) is 23.5 Å². The minimum Gasteiger partial charge on any atom is -0.455 e. The minimum atomic E-state index is -1.14. The van der Waals surface area contributed by atoms with Crippen molar-refractivity contribution in [3.8, 4) is 0 Å². The first kappa shape index (κ1) is 16.3. The van der Waals surface area contributed by atoms with E-state index in [0.717, 1.165) is 0 Å². The van der Waals surface area contributed by atoms with Crippen molar-refractivity contribution in [2.24, 2.45) is 5.92 Å². The van der Waals surface area contributed by atoms with Crippen molar-refractivity contribution >= 4 is 23.5 Å². The lowest BCUT2D eigenvalue weighted by atomic mass is 9.91. The Morgan fingerprint density at radius 1 is 1.41 bits per heavy atom. The molecule has 2 N–H and O–H groups in total. The average Bonchev–Trinajstić information content (AvgIpc) is 3.00. The van der Waals surface area contributed by atoms with E-state index in [0.29, 0.717) is 17.0 Å². The Morgan fingerprint density at radius 3 is 2.93 bits per heavy atom. The van der Waals surface area contributed by atoms with Crippen molar-refractivity contribution in [2.75, 3.05) is 5.73 Å². The van der Waals surface area contributed by atoms with Crippen LogP contribution in [0.3, 0.4) is 0 Å². The van der Waals surface area contributed by atoms with Gasteiger partial charge in [-0.05, 0) is 19.1 Å². The Bertz CT molecular complexity index is 989. The second kappa shape index (κ2) is 4.89. The van der Waals surface area contributed by atoms with Gasteiger partial charge in [0.2, 0.25) is 5.60 Å². The first-order valence-electron chi connectivity index (χ1n) is 8.65. The molecule has 0 radical (unpaired) electrons. The van der Waals surface area contributed by atoms with Crippen LogP contribution in [0.15, 0.2) is 18.5 Å². The van der Waals surface area contributed by atoms with Crippen LogP contribution >= 0.6 is 0 Å². The molecule has 10 nitrogen and oxygen atoms in total. The third kappa shape index (κ3) is 1.88. The normalized spacial score (nSPS) is 36.3. The maximum absolute atomic E-state index is 12.0. The number of hydrogen-bond acceptors (Lipinski definition) is 9. The Balaban J connectivity index is 1.54. The molecule has 1 unspecified atom stereocenters. The molecule has 2 saturated heterocycles. The molecule has 142 valence electrons. The number of esters is 1. The zero-order valence-electron chi connectivity index (χ0n) is 14.9. The summed E-state index contributed by atoms with van der Waals surface area (Å²) in [7, 11) is 0. The lowest BCUT2D eigenvalue weighted by molar-refractivity contribution is -0.159. The van der Waals surface area contributed by atoms with Crippen LogP contribution in [0, 0.1) is 5.92 Å². The smallest absolute Gasteiger partial charge is 0.455 e. The highest BCUT2D eigenvalue weighted by atomic mass is 16.8. The Labute approximate surface area is 153 Å². The van der Waals surface area contributed by atoms with Crippen LogP contribution in [0.25, 0.3) is 5.52 Å². The van der Waals surface area contributed by atoms with Crippen molar-refractivity contribution in [1.29, 1.82) is 0 Å². The van der Waals surface area contributed by atoms with Crippen LogP contribution in [0.5, 0.6) is 0 Å². The molecule has 3 fully saturated rings. The highest BCUT2D eigenvalue weighted by Crippen LogP contribution is 2.64. The SMILES string of the molecule is CC(C)C(=O)OC1[C@H]2O[C@@](C)(c3ccc4c(N)ncnn34)[C@@H]3OC(=O)O[C@]123. The molecule has 5 atom stereocenters. The Morgan fingerprint density at radius 2 is 2.19 bits per heavy atom. The Kier molecular flexibility index (Phi) is 2.95. The van der Waals surface area contributed by atoms with Gasteiger partial charge in [-0.15, -0.1) is 0 Å². The number of carbonyl (C=O) groups is 2. The second-order valence-electron chi connectivity index (χ2n) is 7.52. The van der Waals surface area contributed by atoms with E-state index in [2.05, 4.69) is 10.1 Å². The first-order chi connectivity index (χ1) is 12.8. The predicted octanol–water partition coefficient (Wildman–Crippen LogP) is 0.781. The molecule has 5 rings (SSSR count). The molecule has 0 bridgehead atoms. The minimum absolute atomic E-state index is 0.306. The van der Waals surface area contributed by atoms with E-state index in [-0.39, 0.29) is 11.9 Å². The monoisotopic (exact) mass is 374 g/mol. The molecule has 2 aliphatic heterocycles. The van der Waals surface area contributed by atoms with Gasteiger partial charge < -0.3 is 24.7 Å². The van der Waals surface area contributed by atoms with E-state index < -0.39 is 35.7 Å². The number of rotatable bonds is 3. The number of carbonyl (C=O) groups excluding carboxylic acids is 2. The predicted molar refractivity (Wildman–Crippen MR) is 88.4 cm³/mol. The van der Waals surface area contributed by atoms with Gasteiger partial charge in [-0.3, -0.25) is 4.79 Å². The van der Waals surface area contributed by atoms with Crippen LogP contribution < -0.4 is 5.73 Å². The molecular weight excluding hydrogens is 356 g/mol. The number of fused-ring (bicyclic) bond motifs is 1. The molecule has 4 heterocycles. The van der Waals surface area contributed by atoms with Gasteiger partial charge in [-0.2, -0.15) is 5.10 Å². The fourth-order valence-corrected chi connectivity index (χ4v) is 4.11. The lowest BCUT2D eigenvalue weighted by Crippen LogP contribution is -2.45. The molecule has 1 saturated carbocycles. The molecule has 0 aromatic carbocycles. The summed E-state index contributed by atoms with van der Waals surface area (Å²) in [5.74, 6) is -0.370. The summed E-state index contributed by atoms with van der Waals surface area (Å²) in [6.45, 7) is 5.25. The van der Waals surface area contributed by atoms with Crippen molar-refractivity contribution < 1.29 is 28.5 Å². The van der Waals surface area contributed by atoms with Gasteiger partial charge in [-0.25, -0.2) is 14.3 Å². The van der Waals surface area contributed by atoms with Crippen molar-refractivity contribution in [1.82, 2.24) is 14.6 Å². The standard InChI is InChI=1S/C17H18N4O6/c1-7(2)13(22)24-10-11-17(10)14(25-15(23)27-17)16(3,26-11)9-5-4-8-12(18)19-6-20-21(8)9/h4-7,10-11,14H,1-3H3,(H2,18,19,20)/t10?,11-,14+,16+,17-/m1/s1. The number of aromatic nitrogens is 3. The van der Waals surface area contributed by atoms with E-state index in [1.165, 1.54) is 6.33 Å². The summed E-state index contributed by atoms with van der Waals surface area (Å²) >= 11 is 0. The van der Waals surface area contributed by atoms with Gasteiger partial charge >= 0.3 is 12.1 Å². The van der Waals surface area contributed by atoms with E-state index in [1.54, 1.807) is 37.4 Å². The molecule has 2 aromatic heterocycles. The first-order valence-corrected chi connectivity index (χ1v) is 8.65. The topological polar surface area (TPSA) is 127 Å². The number of anilines is 1.